The molecule has 146 valence electrons. The summed E-state index contributed by atoms with van der Waals surface area (Å²) in [6, 6.07) is 22.4. The summed E-state index contributed by atoms with van der Waals surface area (Å²) in [4.78, 5) is 31.1. The third-order valence-electron chi connectivity index (χ3n) is 4.75. The molecule has 0 amide bonds. The first-order valence-electron chi connectivity index (χ1n) is 9.11. The van der Waals surface area contributed by atoms with E-state index in [-0.39, 0.29) is 10.6 Å². The Kier molecular flexibility index (Phi) is 4.26. The first-order chi connectivity index (χ1) is 14.6. The van der Waals surface area contributed by atoms with E-state index in [1.54, 1.807) is 24.3 Å². The minimum absolute atomic E-state index is 0.150. The lowest BCUT2D eigenvalue weighted by molar-refractivity contribution is -0.672. The molecule has 8 heteroatoms. The number of fused-ring (bicyclic) bond motifs is 1. The lowest BCUT2D eigenvalue weighted by Gasteiger charge is -2.00. The molecule has 0 saturated heterocycles. The van der Waals surface area contributed by atoms with E-state index in [9.17, 15) is 9.59 Å². The highest BCUT2D eigenvalue weighted by Gasteiger charge is 2.34. The number of hydrogen-bond donors (Lipinski definition) is 2. The van der Waals surface area contributed by atoms with Gasteiger partial charge in [0.05, 0.1) is 11.4 Å². The van der Waals surface area contributed by atoms with Gasteiger partial charge < -0.3 is 5.73 Å². The minimum Gasteiger partial charge on any atom is -0.397 e. The molecule has 3 heterocycles. The van der Waals surface area contributed by atoms with Gasteiger partial charge >= 0.3 is 11.3 Å². The number of aromatic amines is 1. The number of nitrogens with zero attached hydrogens (tertiary/aromatic N) is 2. The van der Waals surface area contributed by atoms with Crippen LogP contribution in [-0.2, 0) is 0 Å². The third-order valence-corrected chi connectivity index (χ3v) is 5.86. The van der Waals surface area contributed by atoms with Crippen molar-refractivity contribution in [2.75, 3.05) is 5.73 Å². The molecule has 0 aliphatic heterocycles. The van der Waals surface area contributed by atoms with Gasteiger partial charge in [0.15, 0.2) is 0 Å². The van der Waals surface area contributed by atoms with E-state index in [4.69, 9.17) is 10.3 Å². The average molecular weight is 415 g/mol. The summed E-state index contributed by atoms with van der Waals surface area (Å²) in [5, 5.41) is 3.16. The Morgan fingerprint density at radius 1 is 1.00 bits per heavy atom. The number of hydrogen-bond acceptors (Lipinski definition) is 6. The number of pyridine rings is 1. The summed E-state index contributed by atoms with van der Waals surface area (Å²) in [5.74, 6) is -0.518. The largest absolute Gasteiger partial charge is 0.439 e. The number of H-pyrrole nitrogens is 1. The zero-order valence-electron chi connectivity index (χ0n) is 15.5. The second kappa shape index (κ2) is 7.09. The van der Waals surface area contributed by atoms with Crippen LogP contribution in [-0.4, -0.2) is 16.0 Å². The number of nitrogen functional groups attached to an aromatic ring is 1. The topological polar surface area (TPSA) is 106 Å². The van der Waals surface area contributed by atoms with E-state index in [0.717, 1.165) is 22.6 Å². The van der Waals surface area contributed by atoms with Crippen LogP contribution in [0.3, 0.4) is 0 Å². The molecular formula is C22H15N4O3S+. The first kappa shape index (κ1) is 18.0. The summed E-state index contributed by atoms with van der Waals surface area (Å²) >= 11 is 1.16. The molecule has 3 N–H and O–H groups in total. The van der Waals surface area contributed by atoms with Crippen LogP contribution in [0, 0.1) is 0 Å². The zero-order chi connectivity index (χ0) is 20.7. The summed E-state index contributed by atoms with van der Waals surface area (Å²) in [7, 11) is 0. The highest BCUT2D eigenvalue weighted by Crippen LogP contribution is 2.35. The van der Waals surface area contributed by atoms with E-state index >= 15 is 0 Å². The summed E-state index contributed by atoms with van der Waals surface area (Å²) in [5.41, 5.74) is 7.99. The van der Waals surface area contributed by atoms with E-state index in [1.807, 2.05) is 48.5 Å². The fourth-order valence-electron chi connectivity index (χ4n) is 3.27. The van der Waals surface area contributed by atoms with Crippen molar-refractivity contribution in [1.82, 2.24) is 10.3 Å². The van der Waals surface area contributed by atoms with Gasteiger partial charge in [-0.2, -0.15) is 0 Å². The van der Waals surface area contributed by atoms with Crippen molar-refractivity contribution in [3.63, 3.8) is 0 Å². The van der Waals surface area contributed by atoms with Gasteiger partial charge in [-0.15, -0.1) is 11.3 Å². The van der Waals surface area contributed by atoms with Gasteiger partial charge in [-0.25, -0.2) is 9.78 Å². The molecule has 0 spiro atoms. The minimum atomic E-state index is -0.765. The highest BCUT2D eigenvalue weighted by atomic mass is 32.1. The molecule has 0 atom stereocenters. The van der Waals surface area contributed by atoms with Gasteiger partial charge in [0.25, 0.3) is 5.78 Å². The Hall–Kier alpha value is -4.04. The molecule has 0 bridgehead atoms. The van der Waals surface area contributed by atoms with Crippen LogP contribution in [0.25, 0.3) is 27.2 Å². The summed E-state index contributed by atoms with van der Waals surface area (Å²) in [6.07, 6.45) is 0. The maximum absolute atomic E-state index is 13.3. The third kappa shape index (κ3) is 2.90. The fraction of sp³-hybridized carbons (Fsp3) is 0. The second-order valence-electron chi connectivity index (χ2n) is 6.59. The zero-order valence-corrected chi connectivity index (χ0v) is 16.3. The lowest BCUT2D eigenvalue weighted by atomic mass is 10.1. The van der Waals surface area contributed by atoms with E-state index in [2.05, 4.69) is 10.3 Å². The van der Waals surface area contributed by atoms with Gasteiger partial charge in [-0.3, -0.25) is 9.32 Å². The van der Waals surface area contributed by atoms with Crippen molar-refractivity contribution in [2.24, 2.45) is 0 Å². The van der Waals surface area contributed by atoms with Crippen LogP contribution in [0.15, 0.2) is 82.1 Å². The number of benzene rings is 2. The number of carbonyl (C=O) groups is 1. The molecule has 5 aromatic rings. The SMILES string of the molecule is Nc1c(C(=O)c2c(=O)o[nH][n+]2-c2ccccc2)sc2nc(-c3ccccc3)ccc12. The van der Waals surface area contributed by atoms with Gasteiger partial charge in [-0.1, -0.05) is 48.5 Å². The number of nitrogens with one attached hydrogen (secondary N) is 1. The molecule has 0 radical (unpaired) electrons. The predicted octanol–water partition coefficient (Wildman–Crippen LogP) is 3.33. The van der Waals surface area contributed by atoms with Crippen LogP contribution in [0.1, 0.15) is 15.4 Å². The standard InChI is InChI=1S/C22H14N4O3S/c23-17-15-11-12-16(13-7-3-1-4-8-13)24-21(15)30-20(17)19(27)18-22(28)29-25-26(18)14-9-5-2-6-10-14/h1-12H,(H2-,23,25,27,28)/p+1. The quantitative estimate of drug-likeness (QED) is 0.346. The van der Waals surface area contributed by atoms with E-state index in [0.29, 0.717) is 21.6 Å². The smallest absolute Gasteiger partial charge is 0.397 e. The maximum Gasteiger partial charge on any atom is 0.439 e. The molecule has 2 aromatic carbocycles. The van der Waals surface area contributed by atoms with Crippen LogP contribution in [0.5, 0.6) is 0 Å². The molecule has 7 nitrogen and oxygen atoms in total. The number of aromatic nitrogens is 3. The van der Waals surface area contributed by atoms with Crippen LogP contribution < -0.4 is 16.0 Å². The Labute approximate surface area is 174 Å². The van der Waals surface area contributed by atoms with Gasteiger partial charge in [0.1, 0.15) is 9.71 Å². The molecule has 3 aromatic heterocycles. The molecule has 0 unspecified atom stereocenters. The Morgan fingerprint density at radius 2 is 1.70 bits per heavy atom. The number of thiophene rings is 1. The summed E-state index contributed by atoms with van der Waals surface area (Å²) in [6.45, 7) is 0. The Morgan fingerprint density at radius 3 is 2.43 bits per heavy atom. The van der Waals surface area contributed by atoms with Crippen LogP contribution in [0.4, 0.5) is 5.69 Å². The predicted molar refractivity (Wildman–Crippen MR) is 114 cm³/mol. The maximum atomic E-state index is 13.3. The van der Waals surface area contributed by atoms with Crippen molar-refractivity contribution in [1.29, 1.82) is 0 Å². The van der Waals surface area contributed by atoms with E-state index < -0.39 is 11.4 Å². The number of ketones is 1. The number of anilines is 1. The van der Waals surface area contributed by atoms with Crippen molar-refractivity contribution in [3.05, 3.63) is 93.8 Å². The van der Waals surface area contributed by atoms with Crippen molar-refractivity contribution < 1.29 is 14.0 Å². The molecular weight excluding hydrogens is 400 g/mol. The number of carbonyl (C=O) groups excluding carboxylic acids is 1. The molecule has 30 heavy (non-hydrogen) atoms. The normalized spacial score (nSPS) is 11.1. The molecule has 0 aliphatic carbocycles. The van der Waals surface area contributed by atoms with Crippen LogP contribution >= 0.6 is 11.3 Å². The monoisotopic (exact) mass is 415 g/mol. The van der Waals surface area contributed by atoms with Gasteiger partial charge in [0.2, 0.25) is 5.69 Å². The Balaban J connectivity index is 1.62. The highest BCUT2D eigenvalue weighted by molar-refractivity contribution is 7.21. The average Bonchev–Trinajstić information content (AvgIpc) is 3.34. The number of rotatable bonds is 4. The first-order valence-corrected chi connectivity index (χ1v) is 9.93. The van der Waals surface area contributed by atoms with E-state index in [1.165, 1.54) is 4.68 Å². The molecule has 0 saturated carbocycles. The molecule has 0 fully saturated rings. The Bertz CT molecular complexity index is 1440. The number of nitrogens with two attached hydrogens (primary N) is 1. The molecule has 5 rings (SSSR count). The van der Waals surface area contributed by atoms with Crippen LogP contribution in [0.2, 0.25) is 0 Å². The lowest BCUT2D eigenvalue weighted by Crippen LogP contribution is -2.41. The number of para-hydroxylation sites is 1. The fourth-order valence-corrected chi connectivity index (χ4v) is 4.30. The molecule has 0 aliphatic rings. The second-order valence-corrected chi connectivity index (χ2v) is 7.59. The van der Waals surface area contributed by atoms with Crippen molar-refractivity contribution >= 4 is 33.0 Å². The van der Waals surface area contributed by atoms with Crippen molar-refractivity contribution in [2.45, 2.75) is 0 Å². The van der Waals surface area contributed by atoms with Gasteiger partial charge in [0, 0.05) is 23.1 Å². The van der Waals surface area contributed by atoms with Crippen molar-refractivity contribution in [3.8, 4) is 16.9 Å². The summed E-state index contributed by atoms with van der Waals surface area (Å²) < 4.78 is 6.21. The van der Waals surface area contributed by atoms with Gasteiger partial charge in [-0.05, 0) is 22.1 Å².